The number of nitrogens with zero attached hydrogens (tertiary/aromatic N) is 1. The second-order valence-electron chi connectivity index (χ2n) is 7.61. The third-order valence-corrected chi connectivity index (χ3v) is 5.69. The molecule has 0 bridgehead atoms. The molecule has 1 atom stereocenters. The van der Waals surface area contributed by atoms with E-state index in [0.29, 0.717) is 31.8 Å². The number of hydrogen-bond acceptors (Lipinski definition) is 4. The lowest BCUT2D eigenvalue weighted by Crippen LogP contribution is -2.47. The van der Waals surface area contributed by atoms with Crippen LogP contribution in [0, 0.1) is 5.92 Å². The first-order chi connectivity index (χ1) is 13.2. The largest absolute Gasteiger partial charge is 0.496 e. The van der Waals surface area contributed by atoms with Crippen LogP contribution in [0.15, 0.2) is 24.3 Å². The minimum Gasteiger partial charge on any atom is -0.496 e. The van der Waals surface area contributed by atoms with E-state index in [1.165, 1.54) is 6.42 Å². The van der Waals surface area contributed by atoms with Crippen molar-refractivity contribution < 1.29 is 14.3 Å². The van der Waals surface area contributed by atoms with E-state index < -0.39 is 0 Å². The lowest BCUT2D eigenvalue weighted by molar-refractivity contribution is -0.131. The number of piperidine rings is 1. The first kappa shape index (κ1) is 19.7. The molecule has 0 aliphatic carbocycles. The smallest absolute Gasteiger partial charge is 0.227 e. The highest BCUT2D eigenvalue weighted by Gasteiger charge is 2.25. The first-order valence-corrected chi connectivity index (χ1v) is 10.1. The van der Waals surface area contributed by atoms with E-state index in [1.807, 2.05) is 29.2 Å². The van der Waals surface area contributed by atoms with Crippen molar-refractivity contribution in [2.45, 2.75) is 44.6 Å². The van der Waals surface area contributed by atoms with E-state index in [9.17, 15) is 9.59 Å². The molecule has 2 fully saturated rings. The fourth-order valence-electron chi connectivity index (χ4n) is 3.99. The predicted molar refractivity (Wildman–Crippen MR) is 105 cm³/mol. The van der Waals surface area contributed by atoms with Crippen LogP contribution in [0.2, 0.25) is 0 Å². The van der Waals surface area contributed by atoms with E-state index in [4.69, 9.17) is 4.74 Å². The number of para-hydroxylation sites is 1. The molecule has 0 aromatic heterocycles. The van der Waals surface area contributed by atoms with Gasteiger partial charge in [0.25, 0.3) is 0 Å². The topological polar surface area (TPSA) is 70.7 Å². The Hall–Kier alpha value is -2.08. The molecule has 2 heterocycles. The van der Waals surface area contributed by atoms with Crippen LogP contribution < -0.4 is 15.4 Å². The molecule has 1 unspecified atom stereocenters. The summed E-state index contributed by atoms with van der Waals surface area (Å²) in [6, 6.07) is 7.84. The number of amides is 2. The fourth-order valence-corrected chi connectivity index (χ4v) is 3.99. The Bertz CT molecular complexity index is 635. The van der Waals surface area contributed by atoms with Crippen molar-refractivity contribution in [1.82, 2.24) is 15.5 Å². The number of benzene rings is 1. The highest BCUT2D eigenvalue weighted by Crippen LogP contribution is 2.20. The van der Waals surface area contributed by atoms with Gasteiger partial charge in [0, 0.05) is 31.1 Å². The summed E-state index contributed by atoms with van der Waals surface area (Å²) in [5.74, 6) is 1.68. The lowest BCUT2D eigenvalue weighted by Gasteiger charge is -2.32. The average Bonchev–Trinajstić information content (AvgIpc) is 3.21. The quantitative estimate of drug-likeness (QED) is 0.764. The maximum absolute atomic E-state index is 12.6. The van der Waals surface area contributed by atoms with Crippen LogP contribution in [0.25, 0.3) is 0 Å². The zero-order chi connectivity index (χ0) is 19.1. The van der Waals surface area contributed by atoms with Gasteiger partial charge in [-0.15, -0.1) is 0 Å². The number of carbonyl (C=O) groups is 2. The van der Waals surface area contributed by atoms with Crippen molar-refractivity contribution in [2.75, 3.05) is 33.3 Å². The molecule has 6 nitrogen and oxygen atoms in total. The Morgan fingerprint density at radius 1 is 1.22 bits per heavy atom. The highest BCUT2D eigenvalue weighted by molar-refractivity contribution is 5.80. The molecular formula is C21H31N3O3. The van der Waals surface area contributed by atoms with Crippen molar-refractivity contribution in [3.8, 4) is 5.75 Å². The van der Waals surface area contributed by atoms with Crippen molar-refractivity contribution in [3.63, 3.8) is 0 Å². The van der Waals surface area contributed by atoms with E-state index in [-0.39, 0.29) is 17.9 Å². The van der Waals surface area contributed by atoms with Crippen LogP contribution in [0.3, 0.4) is 0 Å². The van der Waals surface area contributed by atoms with Crippen LogP contribution in [0.1, 0.15) is 37.7 Å². The number of ether oxygens (including phenoxy) is 1. The van der Waals surface area contributed by atoms with Gasteiger partial charge in [-0.1, -0.05) is 18.2 Å². The molecule has 2 aliphatic heterocycles. The summed E-state index contributed by atoms with van der Waals surface area (Å²) < 4.78 is 5.33. The van der Waals surface area contributed by atoms with Gasteiger partial charge >= 0.3 is 0 Å². The van der Waals surface area contributed by atoms with Crippen LogP contribution >= 0.6 is 0 Å². The fraction of sp³-hybridized carbons (Fsp3) is 0.619. The van der Waals surface area contributed by atoms with Gasteiger partial charge in [0.15, 0.2) is 0 Å². The van der Waals surface area contributed by atoms with Crippen LogP contribution in [0.5, 0.6) is 5.75 Å². The summed E-state index contributed by atoms with van der Waals surface area (Å²) in [7, 11) is 1.63. The molecule has 3 rings (SSSR count). The molecule has 2 N–H and O–H groups in total. The van der Waals surface area contributed by atoms with Gasteiger partial charge in [0.1, 0.15) is 5.75 Å². The Kier molecular flexibility index (Phi) is 7.10. The molecule has 2 amide bonds. The minimum absolute atomic E-state index is 0.123. The molecule has 148 valence electrons. The Labute approximate surface area is 161 Å². The standard InChI is InChI=1S/C21H31N3O3/c1-27-19-5-3-2-4-17(19)14-21(26)24-12-9-18(10-13-24)23-20(25)7-6-16-8-11-22-15-16/h2-5,16,18,22H,6-15H2,1H3,(H,23,25). The monoisotopic (exact) mass is 373 g/mol. The molecular weight excluding hydrogens is 342 g/mol. The third kappa shape index (κ3) is 5.70. The van der Waals surface area contributed by atoms with Gasteiger partial charge in [0.05, 0.1) is 13.5 Å². The number of rotatable bonds is 7. The Balaban J connectivity index is 1.39. The van der Waals surface area contributed by atoms with Gasteiger partial charge in [-0.05, 0) is 50.8 Å². The lowest BCUT2D eigenvalue weighted by atomic mass is 10.0. The normalized spacial score (nSPS) is 20.5. The number of carbonyl (C=O) groups excluding carboxylic acids is 2. The van der Waals surface area contributed by atoms with Crippen molar-refractivity contribution in [1.29, 1.82) is 0 Å². The maximum Gasteiger partial charge on any atom is 0.227 e. The van der Waals surface area contributed by atoms with Gasteiger partial charge in [0.2, 0.25) is 11.8 Å². The molecule has 1 aromatic rings. The van der Waals surface area contributed by atoms with Crippen LogP contribution in [-0.4, -0.2) is 56.0 Å². The van der Waals surface area contributed by atoms with E-state index in [1.54, 1.807) is 7.11 Å². The summed E-state index contributed by atoms with van der Waals surface area (Å²) in [6.45, 7) is 3.52. The summed E-state index contributed by atoms with van der Waals surface area (Å²) in [5, 5.41) is 6.49. The molecule has 6 heteroatoms. The second-order valence-corrected chi connectivity index (χ2v) is 7.61. The van der Waals surface area contributed by atoms with Crippen LogP contribution in [0.4, 0.5) is 0 Å². The van der Waals surface area contributed by atoms with Crippen molar-refractivity contribution >= 4 is 11.8 Å². The first-order valence-electron chi connectivity index (χ1n) is 10.1. The second kappa shape index (κ2) is 9.74. The minimum atomic E-state index is 0.123. The maximum atomic E-state index is 12.6. The van der Waals surface area contributed by atoms with E-state index in [2.05, 4.69) is 10.6 Å². The Morgan fingerprint density at radius 3 is 2.70 bits per heavy atom. The third-order valence-electron chi connectivity index (χ3n) is 5.69. The van der Waals surface area contributed by atoms with E-state index >= 15 is 0 Å². The van der Waals surface area contributed by atoms with Gasteiger partial charge < -0.3 is 20.3 Å². The summed E-state index contributed by atoms with van der Waals surface area (Å²) in [6.07, 6.45) is 4.77. The zero-order valence-corrected chi connectivity index (χ0v) is 16.2. The summed E-state index contributed by atoms with van der Waals surface area (Å²) >= 11 is 0. The van der Waals surface area contributed by atoms with Gasteiger partial charge in [-0.3, -0.25) is 9.59 Å². The van der Waals surface area contributed by atoms with Crippen LogP contribution in [-0.2, 0) is 16.0 Å². The number of methoxy groups -OCH3 is 1. The highest BCUT2D eigenvalue weighted by atomic mass is 16.5. The molecule has 27 heavy (non-hydrogen) atoms. The summed E-state index contributed by atoms with van der Waals surface area (Å²) in [4.78, 5) is 26.7. The van der Waals surface area contributed by atoms with Crippen molar-refractivity contribution in [2.24, 2.45) is 5.92 Å². The number of nitrogens with one attached hydrogen (secondary N) is 2. The zero-order valence-electron chi connectivity index (χ0n) is 16.2. The Morgan fingerprint density at radius 2 is 2.00 bits per heavy atom. The van der Waals surface area contributed by atoms with Gasteiger partial charge in [-0.25, -0.2) is 0 Å². The molecule has 0 spiro atoms. The van der Waals surface area contributed by atoms with Gasteiger partial charge in [-0.2, -0.15) is 0 Å². The molecule has 1 aromatic carbocycles. The van der Waals surface area contributed by atoms with E-state index in [0.717, 1.165) is 43.7 Å². The predicted octanol–water partition coefficient (Wildman–Crippen LogP) is 1.73. The number of hydrogen-bond donors (Lipinski definition) is 2. The molecule has 2 aliphatic rings. The average molecular weight is 373 g/mol. The van der Waals surface area contributed by atoms with Crippen molar-refractivity contribution in [3.05, 3.63) is 29.8 Å². The SMILES string of the molecule is COc1ccccc1CC(=O)N1CCC(NC(=O)CCC2CCNC2)CC1. The molecule has 0 radical (unpaired) electrons. The molecule has 2 saturated heterocycles. The summed E-state index contributed by atoms with van der Waals surface area (Å²) in [5.41, 5.74) is 0.918. The molecule has 0 saturated carbocycles. The number of likely N-dealkylation sites (tertiary alicyclic amines) is 1.